The van der Waals surface area contributed by atoms with E-state index in [1.165, 1.54) is 0 Å². The summed E-state index contributed by atoms with van der Waals surface area (Å²) in [5.74, 6) is 0. The van der Waals surface area contributed by atoms with Crippen LogP contribution in [0, 0.1) is 0 Å². The van der Waals surface area contributed by atoms with E-state index in [1.807, 2.05) is 35.0 Å². The summed E-state index contributed by atoms with van der Waals surface area (Å²) >= 11 is 5.81. The summed E-state index contributed by atoms with van der Waals surface area (Å²) in [7, 11) is 0. The third-order valence-electron chi connectivity index (χ3n) is 2.16. The molecule has 1 aromatic heterocycles. The van der Waals surface area contributed by atoms with E-state index in [2.05, 4.69) is 4.98 Å². The Bertz CT molecular complexity index is 433. The largest absolute Gasteiger partial charge is 0.330 e. The average Bonchev–Trinajstić information content (AvgIpc) is 2.68. The second-order valence-electron chi connectivity index (χ2n) is 3.29. The lowest BCUT2D eigenvalue weighted by molar-refractivity contribution is 0.934. The molecule has 0 amide bonds. The van der Waals surface area contributed by atoms with Crippen molar-refractivity contribution in [2.45, 2.75) is 6.42 Å². The van der Waals surface area contributed by atoms with Gasteiger partial charge in [-0.15, -0.1) is 0 Å². The van der Waals surface area contributed by atoms with Crippen molar-refractivity contribution in [3.63, 3.8) is 0 Å². The topological polar surface area (TPSA) is 43.8 Å². The van der Waals surface area contributed by atoms with Gasteiger partial charge in [0.05, 0.1) is 12.0 Å². The second kappa shape index (κ2) is 4.47. The average molecular weight is 222 g/mol. The van der Waals surface area contributed by atoms with E-state index in [0.29, 0.717) is 6.54 Å². The normalized spacial score (nSPS) is 10.5. The van der Waals surface area contributed by atoms with Crippen molar-refractivity contribution in [3.05, 3.63) is 47.5 Å². The molecule has 0 unspecified atom stereocenters. The smallest absolute Gasteiger partial charge is 0.0995 e. The van der Waals surface area contributed by atoms with Crippen LogP contribution in [0.3, 0.4) is 0 Å². The van der Waals surface area contributed by atoms with Crippen molar-refractivity contribution in [1.82, 2.24) is 9.55 Å². The first kappa shape index (κ1) is 10.2. The SMILES string of the molecule is NCCc1cn(-c2ccc(Cl)cc2)cn1. The monoisotopic (exact) mass is 221 g/mol. The Balaban J connectivity index is 2.25. The van der Waals surface area contributed by atoms with Crippen molar-refractivity contribution >= 4 is 11.6 Å². The zero-order valence-electron chi connectivity index (χ0n) is 8.23. The number of nitrogens with two attached hydrogens (primary N) is 1. The molecule has 1 heterocycles. The van der Waals surface area contributed by atoms with Crippen molar-refractivity contribution < 1.29 is 0 Å². The van der Waals surface area contributed by atoms with E-state index < -0.39 is 0 Å². The maximum absolute atomic E-state index is 5.81. The van der Waals surface area contributed by atoms with Gasteiger partial charge >= 0.3 is 0 Å². The molecule has 15 heavy (non-hydrogen) atoms. The molecule has 0 aliphatic rings. The molecule has 0 spiro atoms. The summed E-state index contributed by atoms with van der Waals surface area (Å²) in [6.07, 6.45) is 4.57. The highest BCUT2D eigenvalue weighted by Gasteiger charge is 1.99. The van der Waals surface area contributed by atoms with Gasteiger partial charge in [0.1, 0.15) is 0 Å². The fourth-order valence-electron chi connectivity index (χ4n) is 1.39. The van der Waals surface area contributed by atoms with Gasteiger partial charge in [0.15, 0.2) is 0 Å². The second-order valence-corrected chi connectivity index (χ2v) is 3.72. The molecule has 78 valence electrons. The van der Waals surface area contributed by atoms with E-state index in [-0.39, 0.29) is 0 Å². The highest BCUT2D eigenvalue weighted by molar-refractivity contribution is 6.30. The number of hydrogen-bond donors (Lipinski definition) is 1. The van der Waals surface area contributed by atoms with E-state index in [0.717, 1.165) is 22.8 Å². The predicted molar refractivity (Wildman–Crippen MR) is 61.3 cm³/mol. The number of benzene rings is 1. The van der Waals surface area contributed by atoms with Crippen molar-refractivity contribution in [2.75, 3.05) is 6.54 Å². The van der Waals surface area contributed by atoms with E-state index in [1.54, 1.807) is 6.33 Å². The lowest BCUT2D eigenvalue weighted by atomic mass is 10.3. The number of hydrogen-bond acceptors (Lipinski definition) is 2. The molecule has 3 nitrogen and oxygen atoms in total. The fraction of sp³-hybridized carbons (Fsp3) is 0.182. The minimum Gasteiger partial charge on any atom is -0.330 e. The van der Waals surface area contributed by atoms with Gasteiger partial charge in [-0.1, -0.05) is 11.6 Å². The number of imidazole rings is 1. The van der Waals surface area contributed by atoms with Crippen LogP contribution in [-0.2, 0) is 6.42 Å². The summed E-state index contributed by atoms with van der Waals surface area (Å²) in [5, 5.41) is 0.737. The van der Waals surface area contributed by atoms with Gasteiger partial charge in [-0.2, -0.15) is 0 Å². The standard InChI is InChI=1S/C11H12ClN3/c12-9-1-3-11(4-2-9)15-7-10(5-6-13)14-8-15/h1-4,7-8H,5-6,13H2. The first-order valence-corrected chi connectivity index (χ1v) is 5.16. The van der Waals surface area contributed by atoms with Crippen LogP contribution in [-0.4, -0.2) is 16.1 Å². The van der Waals surface area contributed by atoms with Gasteiger partial charge in [-0.05, 0) is 30.8 Å². The Hall–Kier alpha value is -1.32. The summed E-state index contributed by atoms with van der Waals surface area (Å²) in [5.41, 5.74) is 7.52. The van der Waals surface area contributed by atoms with Gasteiger partial charge in [0.25, 0.3) is 0 Å². The minimum atomic E-state index is 0.623. The van der Waals surface area contributed by atoms with Gasteiger partial charge in [0.2, 0.25) is 0 Å². The Kier molecular flexibility index (Phi) is 3.04. The summed E-state index contributed by atoms with van der Waals surface area (Å²) in [4.78, 5) is 4.25. The lowest BCUT2D eigenvalue weighted by Gasteiger charge is -2.00. The van der Waals surface area contributed by atoms with Gasteiger partial charge in [0, 0.05) is 23.3 Å². The predicted octanol–water partition coefficient (Wildman–Crippen LogP) is 2.03. The van der Waals surface area contributed by atoms with E-state index in [4.69, 9.17) is 17.3 Å². The molecule has 4 heteroatoms. The number of halogens is 1. The first-order valence-electron chi connectivity index (χ1n) is 4.78. The molecule has 0 aliphatic carbocycles. The highest BCUT2D eigenvalue weighted by atomic mass is 35.5. The third-order valence-corrected chi connectivity index (χ3v) is 2.41. The maximum Gasteiger partial charge on any atom is 0.0995 e. The van der Waals surface area contributed by atoms with Crippen LogP contribution < -0.4 is 5.73 Å². The molecule has 2 rings (SSSR count). The van der Waals surface area contributed by atoms with Gasteiger partial charge < -0.3 is 10.3 Å². The van der Waals surface area contributed by atoms with Crippen LogP contribution in [0.25, 0.3) is 5.69 Å². The molecule has 0 atom stereocenters. The van der Waals surface area contributed by atoms with Gasteiger partial charge in [-0.3, -0.25) is 0 Å². The van der Waals surface area contributed by atoms with Crippen molar-refractivity contribution in [3.8, 4) is 5.69 Å². The van der Waals surface area contributed by atoms with Crippen LogP contribution >= 0.6 is 11.6 Å². The Morgan fingerprint density at radius 3 is 2.67 bits per heavy atom. The highest BCUT2D eigenvalue weighted by Crippen LogP contribution is 2.13. The van der Waals surface area contributed by atoms with Crippen molar-refractivity contribution in [1.29, 1.82) is 0 Å². The molecule has 2 N–H and O–H groups in total. The summed E-state index contributed by atoms with van der Waals surface area (Å²) < 4.78 is 1.96. The molecular formula is C11H12ClN3. The summed E-state index contributed by atoms with van der Waals surface area (Å²) in [6, 6.07) is 7.63. The molecule has 0 aliphatic heterocycles. The molecule has 2 aromatic rings. The quantitative estimate of drug-likeness (QED) is 0.862. The molecule has 0 saturated heterocycles. The van der Waals surface area contributed by atoms with E-state index >= 15 is 0 Å². The van der Waals surface area contributed by atoms with Crippen LogP contribution in [0.15, 0.2) is 36.8 Å². The molecule has 0 bridgehead atoms. The first-order chi connectivity index (χ1) is 7.29. The number of nitrogens with zero attached hydrogens (tertiary/aromatic N) is 2. The van der Waals surface area contributed by atoms with Crippen LogP contribution in [0.2, 0.25) is 5.02 Å². The zero-order valence-corrected chi connectivity index (χ0v) is 8.98. The van der Waals surface area contributed by atoms with Crippen molar-refractivity contribution in [2.24, 2.45) is 5.73 Å². The number of rotatable bonds is 3. The molecular weight excluding hydrogens is 210 g/mol. The lowest BCUT2D eigenvalue weighted by Crippen LogP contribution is -2.02. The van der Waals surface area contributed by atoms with Crippen LogP contribution in [0.5, 0.6) is 0 Å². The number of aromatic nitrogens is 2. The van der Waals surface area contributed by atoms with E-state index in [9.17, 15) is 0 Å². The Morgan fingerprint density at radius 2 is 2.00 bits per heavy atom. The molecule has 0 fully saturated rings. The maximum atomic E-state index is 5.81. The minimum absolute atomic E-state index is 0.623. The zero-order chi connectivity index (χ0) is 10.7. The third kappa shape index (κ3) is 2.37. The molecule has 0 saturated carbocycles. The Labute approximate surface area is 93.5 Å². The molecule has 1 aromatic carbocycles. The van der Waals surface area contributed by atoms with Gasteiger partial charge in [-0.25, -0.2) is 4.98 Å². The van der Waals surface area contributed by atoms with Crippen LogP contribution in [0.1, 0.15) is 5.69 Å². The van der Waals surface area contributed by atoms with Crippen LogP contribution in [0.4, 0.5) is 0 Å². The molecule has 0 radical (unpaired) electrons. The fourth-order valence-corrected chi connectivity index (χ4v) is 1.52. The Morgan fingerprint density at radius 1 is 1.27 bits per heavy atom. The summed E-state index contributed by atoms with van der Waals surface area (Å²) in [6.45, 7) is 0.623.